The summed E-state index contributed by atoms with van der Waals surface area (Å²) in [5.74, 6) is 0.0411. The number of nitrogens with two attached hydrogens (primary N) is 1. The van der Waals surface area contributed by atoms with Gasteiger partial charge in [0.15, 0.2) is 0 Å². The lowest BCUT2D eigenvalue weighted by atomic mass is 9.98. The Morgan fingerprint density at radius 3 is 2.89 bits per heavy atom. The van der Waals surface area contributed by atoms with Crippen LogP contribution in [0.2, 0.25) is 0 Å². The molecular weight excluding hydrogens is 231 g/mol. The Kier molecular flexibility index (Phi) is 3.58. The highest BCUT2D eigenvalue weighted by Gasteiger charge is 2.13. The number of halogens is 1. The van der Waals surface area contributed by atoms with Crippen LogP contribution in [-0.2, 0) is 6.42 Å². The first-order valence-corrected chi connectivity index (χ1v) is 5.71. The maximum Gasteiger partial charge on any atom is 0.126 e. The Morgan fingerprint density at radius 2 is 2.17 bits per heavy atom. The molecular formula is C14H15FN2O. The molecule has 2 rings (SSSR count). The van der Waals surface area contributed by atoms with Gasteiger partial charge in [-0.1, -0.05) is 12.1 Å². The zero-order valence-electron chi connectivity index (χ0n) is 10.1. The van der Waals surface area contributed by atoms with Crippen LogP contribution in [0.15, 0.2) is 36.5 Å². The van der Waals surface area contributed by atoms with Crippen LogP contribution in [0.1, 0.15) is 22.8 Å². The summed E-state index contributed by atoms with van der Waals surface area (Å²) in [7, 11) is 0. The van der Waals surface area contributed by atoms with Crippen LogP contribution in [0.3, 0.4) is 0 Å². The van der Waals surface area contributed by atoms with Crippen molar-refractivity contribution in [3.63, 3.8) is 0 Å². The van der Waals surface area contributed by atoms with Gasteiger partial charge in [0.2, 0.25) is 0 Å². The lowest BCUT2D eigenvalue weighted by Crippen LogP contribution is -2.07. The summed E-state index contributed by atoms with van der Waals surface area (Å²) in [5, 5.41) is 10.2. The Balaban J connectivity index is 2.25. The Hall–Kier alpha value is -1.94. The largest absolute Gasteiger partial charge is 0.388 e. The van der Waals surface area contributed by atoms with Crippen LogP contribution in [0.4, 0.5) is 10.2 Å². The number of hydrogen-bond acceptors (Lipinski definition) is 3. The van der Waals surface area contributed by atoms with Crippen molar-refractivity contribution in [1.29, 1.82) is 0 Å². The van der Waals surface area contributed by atoms with Gasteiger partial charge >= 0.3 is 0 Å². The SMILES string of the molecule is Cc1ccc(F)cc1C(O)Cc1cccnc1N. The van der Waals surface area contributed by atoms with E-state index in [2.05, 4.69) is 4.98 Å². The van der Waals surface area contributed by atoms with E-state index in [-0.39, 0.29) is 5.82 Å². The number of nitrogen functional groups attached to an aromatic ring is 1. The van der Waals surface area contributed by atoms with E-state index < -0.39 is 6.10 Å². The molecule has 18 heavy (non-hydrogen) atoms. The molecule has 0 aliphatic heterocycles. The first kappa shape index (κ1) is 12.5. The molecule has 3 N–H and O–H groups in total. The van der Waals surface area contributed by atoms with Gasteiger partial charge in [-0.05, 0) is 41.8 Å². The first-order valence-electron chi connectivity index (χ1n) is 5.71. The molecule has 0 aliphatic rings. The summed E-state index contributed by atoms with van der Waals surface area (Å²) in [6.45, 7) is 1.84. The summed E-state index contributed by atoms with van der Waals surface area (Å²) in [6, 6.07) is 7.95. The molecule has 0 aliphatic carbocycles. The fraction of sp³-hybridized carbons (Fsp3) is 0.214. The summed E-state index contributed by atoms with van der Waals surface area (Å²) in [6.07, 6.45) is 1.13. The quantitative estimate of drug-likeness (QED) is 0.874. The number of aryl methyl sites for hydroxylation is 1. The van der Waals surface area contributed by atoms with Gasteiger partial charge in [-0.15, -0.1) is 0 Å². The molecule has 1 heterocycles. The number of aliphatic hydroxyl groups excluding tert-OH is 1. The molecule has 0 bridgehead atoms. The molecule has 94 valence electrons. The normalized spacial score (nSPS) is 12.4. The number of benzene rings is 1. The van der Waals surface area contributed by atoms with E-state index in [0.717, 1.165) is 11.1 Å². The molecule has 4 heteroatoms. The molecule has 0 fully saturated rings. The van der Waals surface area contributed by atoms with Crippen LogP contribution in [0, 0.1) is 12.7 Å². The van der Waals surface area contributed by atoms with E-state index >= 15 is 0 Å². The van der Waals surface area contributed by atoms with Gasteiger partial charge < -0.3 is 10.8 Å². The second-order valence-corrected chi connectivity index (χ2v) is 4.27. The van der Waals surface area contributed by atoms with Crippen LogP contribution in [0.5, 0.6) is 0 Å². The third-order valence-electron chi connectivity index (χ3n) is 2.94. The zero-order chi connectivity index (χ0) is 13.1. The number of nitrogens with zero attached hydrogens (tertiary/aromatic N) is 1. The summed E-state index contributed by atoms with van der Waals surface area (Å²) in [5.41, 5.74) is 7.91. The lowest BCUT2D eigenvalue weighted by molar-refractivity contribution is 0.177. The van der Waals surface area contributed by atoms with Gasteiger partial charge in [0, 0.05) is 12.6 Å². The molecule has 0 saturated carbocycles. The van der Waals surface area contributed by atoms with Crippen LogP contribution < -0.4 is 5.73 Å². The summed E-state index contributed by atoms with van der Waals surface area (Å²) < 4.78 is 13.2. The van der Waals surface area contributed by atoms with Crippen molar-refractivity contribution in [2.45, 2.75) is 19.4 Å². The fourth-order valence-corrected chi connectivity index (χ4v) is 1.91. The minimum atomic E-state index is -0.785. The topological polar surface area (TPSA) is 59.1 Å². The highest BCUT2D eigenvalue weighted by atomic mass is 19.1. The molecule has 3 nitrogen and oxygen atoms in total. The number of aromatic nitrogens is 1. The van der Waals surface area contributed by atoms with Gasteiger partial charge in [-0.3, -0.25) is 0 Å². The molecule has 0 amide bonds. The van der Waals surface area contributed by atoms with Crippen molar-refractivity contribution in [1.82, 2.24) is 4.98 Å². The zero-order valence-corrected chi connectivity index (χ0v) is 10.1. The molecule has 0 saturated heterocycles. The Labute approximate surface area is 105 Å². The average Bonchev–Trinajstić information content (AvgIpc) is 2.35. The van der Waals surface area contributed by atoms with Crippen molar-refractivity contribution in [3.8, 4) is 0 Å². The minimum Gasteiger partial charge on any atom is -0.388 e. The van der Waals surface area contributed by atoms with Crippen molar-refractivity contribution >= 4 is 5.82 Å². The van der Waals surface area contributed by atoms with Crippen LogP contribution in [-0.4, -0.2) is 10.1 Å². The van der Waals surface area contributed by atoms with Crippen LogP contribution in [0.25, 0.3) is 0 Å². The van der Waals surface area contributed by atoms with Crippen molar-refractivity contribution in [3.05, 3.63) is 59.0 Å². The lowest BCUT2D eigenvalue weighted by Gasteiger charge is -2.14. The highest BCUT2D eigenvalue weighted by molar-refractivity contribution is 5.40. The maximum atomic E-state index is 13.2. The predicted molar refractivity (Wildman–Crippen MR) is 68.5 cm³/mol. The molecule has 1 aromatic carbocycles. The predicted octanol–water partition coefficient (Wildman–Crippen LogP) is 2.39. The molecule has 1 aromatic heterocycles. The van der Waals surface area contributed by atoms with Gasteiger partial charge in [-0.25, -0.2) is 9.37 Å². The Bertz CT molecular complexity index is 557. The van der Waals surface area contributed by atoms with Crippen molar-refractivity contribution in [2.75, 3.05) is 5.73 Å². The minimum absolute atomic E-state index is 0.323. The molecule has 1 unspecified atom stereocenters. The second kappa shape index (κ2) is 5.14. The van der Waals surface area contributed by atoms with E-state index in [1.807, 2.05) is 6.92 Å². The van der Waals surface area contributed by atoms with Gasteiger partial charge in [0.1, 0.15) is 11.6 Å². The second-order valence-electron chi connectivity index (χ2n) is 4.27. The smallest absolute Gasteiger partial charge is 0.126 e. The van der Waals surface area contributed by atoms with Gasteiger partial charge in [0.05, 0.1) is 6.10 Å². The number of aliphatic hydroxyl groups is 1. The highest BCUT2D eigenvalue weighted by Crippen LogP contribution is 2.24. The van der Waals surface area contributed by atoms with E-state index in [4.69, 9.17) is 5.73 Å². The van der Waals surface area contributed by atoms with E-state index in [1.54, 1.807) is 24.4 Å². The number of rotatable bonds is 3. The third-order valence-corrected chi connectivity index (χ3v) is 2.94. The molecule has 1 atom stereocenters. The summed E-state index contributed by atoms with van der Waals surface area (Å²) in [4.78, 5) is 3.96. The maximum absolute atomic E-state index is 13.2. The van der Waals surface area contributed by atoms with Crippen molar-refractivity contribution < 1.29 is 9.50 Å². The van der Waals surface area contributed by atoms with E-state index in [9.17, 15) is 9.50 Å². The molecule has 2 aromatic rings. The number of hydrogen-bond donors (Lipinski definition) is 2. The monoisotopic (exact) mass is 246 g/mol. The molecule has 0 spiro atoms. The summed E-state index contributed by atoms with van der Waals surface area (Å²) >= 11 is 0. The average molecular weight is 246 g/mol. The van der Waals surface area contributed by atoms with Crippen molar-refractivity contribution in [2.24, 2.45) is 0 Å². The third kappa shape index (κ3) is 2.65. The Morgan fingerprint density at radius 1 is 1.39 bits per heavy atom. The van der Waals surface area contributed by atoms with E-state index in [0.29, 0.717) is 17.8 Å². The van der Waals surface area contributed by atoms with Gasteiger partial charge in [-0.2, -0.15) is 0 Å². The first-order chi connectivity index (χ1) is 8.58. The fourth-order valence-electron chi connectivity index (χ4n) is 1.91. The van der Waals surface area contributed by atoms with E-state index in [1.165, 1.54) is 12.1 Å². The van der Waals surface area contributed by atoms with Crippen LogP contribution >= 0.6 is 0 Å². The standard InChI is InChI=1S/C14H15FN2O/c1-9-4-5-11(15)8-12(9)13(18)7-10-3-2-6-17-14(10)16/h2-6,8,13,18H,7H2,1H3,(H2,16,17). The number of anilines is 1. The van der Waals surface area contributed by atoms with Gasteiger partial charge in [0.25, 0.3) is 0 Å². The number of pyridine rings is 1. The molecule has 0 radical (unpaired) electrons.